The van der Waals surface area contributed by atoms with Gasteiger partial charge >= 0.3 is 11.9 Å². The van der Waals surface area contributed by atoms with Crippen LogP contribution in [0.15, 0.2) is 28.7 Å². The van der Waals surface area contributed by atoms with Crippen molar-refractivity contribution in [3.8, 4) is 0 Å². The Labute approximate surface area is 113 Å². The lowest BCUT2D eigenvalue weighted by atomic mass is 10.2. The SMILES string of the molecule is COC(=O)CSCc1ccc2oc(C(=O)O)cc2c1. The summed E-state index contributed by atoms with van der Waals surface area (Å²) in [5.74, 6) is -0.478. The predicted octanol–water partition coefficient (Wildman–Crippen LogP) is 2.54. The van der Waals surface area contributed by atoms with Gasteiger partial charge in [0.15, 0.2) is 0 Å². The predicted molar refractivity (Wildman–Crippen MR) is 71.4 cm³/mol. The molecule has 0 atom stereocenters. The van der Waals surface area contributed by atoms with Crippen molar-refractivity contribution >= 4 is 34.7 Å². The maximum Gasteiger partial charge on any atom is 0.371 e. The first-order valence-electron chi connectivity index (χ1n) is 5.50. The molecule has 1 aromatic heterocycles. The quantitative estimate of drug-likeness (QED) is 0.848. The third-order valence-electron chi connectivity index (χ3n) is 2.51. The van der Waals surface area contributed by atoms with E-state index in [9.17, 15) is 9.59 Å². The van der Waals surface area contributed by atoms with Crippen LogP contribution in [-0.4, -0.2) is 29.9 Å². The van der Waals surface area contributed by atoms with E-state index < -0.39 is 5.97 Å². The molecule has 0 aliphatic heterocycles. The van der Waals surface area contributed by atoms with Gasteiger partial charge in [-0.05, 0) is 23.8 Å². The van der Waals surface area contributed by atoms with Gasteiger partial charge in [0.2, 0.25) is 5.76 Å². The summed E-state index contributed by atoms with van der Waals surface area (Å²) in [6, 6.07) is 6.93. The van der Waals surface area contributed by atoms with E-state index in [0.29, 0.717) is 17.1 Å². The zero-order chi connectivity index (χ0) is 13.8. The molecular weight excluding hydrogens is 268 g/mol. The van der Waals surface area contributed by atoms with Crippen LogP contribution in [0.2, 0.25) is 0 Å². The minimum Gasteiger partial charge on any atom is -0.475 e. The third kappa shape index (κ3) is 3.29. The van der Waals surface area contributed by atoms with Gasteiger partial charge < -0.3 is 14.3 Å². The highest BCUT2D eigenvalue weighted by molar-refractivity contribution is 7.99. The van der Waals surface area contributed by atoms with Crippen LogP contribution in [0.5, 0.6) is 0 Å². The molecule has 0 saturated carbocycles. The fourth-order valence-corrected chi connectivity index (χ4v) is 2.40. The molecular formula is C13H12O5S. The number of esters is 1. The number of hydrogen-bond donors (Lipinski definition) is 1. The van der Waals surface area contributed by atoms with Crippen molar-refractivity contribution in [3.63, 3.8) is 0 Å². The number of carboxylic acids is 1. The largest absolute Gasteiger partial charge is 0.475 e. The van der Waals surface area contributed by atoms with E-state index >= 15 is 0 Å². The Kier molecular flexibility index (Phi) is 4.11. The van der Waals surface area contributed by atoms with E-state index in [1.165, 1.54) is 24.9 Å². The van der Waals surface area contributed by atoms with Gasteiger partial charge in [-0.15, -0.1) is 11.8 Å². The normalized spacial score (nSPS) is 10.6. The summed E-state index contributed by atoms with van der Waals surface area (Å²) in [5.41, 5.74) is 1.54. The summed E-state index contributed by atoms with van der Waals surface area (Å²) in [4.78, 5) is 21.8. The topological polar surface area (TPSA) is 76.7 Å². The molecule has 0 unspecified atom stereocenters. The van der Waals surface area contributed by atoms with E-state index in [4.69, 9.17) is 9.52 Å². The van der Waals surface area contributed by atoms with Crippen molar-refractivity contribution in [3.05, 3.63) is 35.6 Å². The second-order valence-corrected chi connectivity index (χ2v) is 4.84. The van der Waals surface area contributed by atoms with Gasteiger partial charge in [0, 0.05) is 11.1 Å². The van der Waals surface area contributed by atoms with Gasteiger partial charge in [0.25, 0.3) is 0 Å². The smallest absolute Gasteiger partial charge is 0.371 e. The molecule has 2 aromatic rings. The fourth-order valence-electron chi connectivity index (χ4n) is 1.60. The number of fused-ring (bicyclic) bond motifs is 1. The Balaban J connectivity index is 2.08. The van der Waals surface area contributed by atoms with E-state index in [2.05, 4.69) is 4.74 Å². The van der Waals surface area contributed by atoms with Crippen molar-refractivity contribution in [1.82, 2.24) is 0 Å². The van der Waals surface area contributed by atoms with Gasteiger partial charge in [-0.25, -0.2) is 4.79 Å². The van der Waals surface area contributed by atoms with Crippen LogP contribution in [0.3, 0.4) is 0 Å². The maximum absolute atomic E-state index is 11.0. The third-order valence-corrected chi connectivity index (χ3v) is 3.49. The lowest BCUT2D eigenvalue weighted by Gasteiger charge is -2.01. The van der Waals surface area contributed by atoms with Gasteiger partial charge in [-0.2, -0.15) is 0 Å². The van der Waals surface area contributed by atoms with Gasteiger partial charge in [-0.3, -0.25) is 4.79 Å². The molecule has 2 rings (SSSR count). The molecule has 0 bridgehead atoms. The first kappa shape index (κ1) is 13.5. The van der Waals surface area contributed by atoms with Crippen molar-refractivity contribution in [2.45, 2.75) is 5.75 Å². The standard InChI is InChI=1S/C13H12O5S/c1-17-12(14)7-19-6-8-2-3-10-9(4-8)5-11(18-10)13(15)16/h2-5H,6-7H2,1H3,(H,15,16). The van der Waals surface area contributed by atoms with Gasteiger partial charge in [0.1, 0.15) is 5.58 Å². The van der Waals surface area contributed by atoms with E-state index in [-0.39, 0.29) is 11.7 Å². The average Bonchev–Trinajstić information content (AvgIpc) is 2.81. The number of methoxy groups -OCH3 is 1. The van der Waals surface area contributed by atoms with Crippen LogP contribution in [0.4, 0.5) is 0 Å². The maximum atomic E-state index is 11.0. The molecule has 5 nitrogen and oxygen atoms in total. The molecule has 1 aromatic carbocycles. The molecule has 0 spiro atoms. The van der Waals surface area contributed by atoms with Crippen molar-refractivity contribution in [2.24, 2.45) is 0 Å². The summed E-state index contributed by atoms with van der Waals surface area (Å²) < 4.78 is 9.71. The van der Waals surface area contributed by atoms with E-state index in [1.807, 2.05) is 12.1 Å². The molecule has 6 heteroatoms. The molecule has 0 amide bonds. The van der Waals surface area contributed by atoms with Crippen LogP contribution < -0.4 is 0 Å². The van der Waals surface area contributed by atoms with Crippen LogP contribution in [-0.2, 0) is 15.3 Å². The summed E-state index contributed by atoms with van der Waals surface area (Å²) in [5, 5.41) is 9.58. The number of carbonyl (C=O) groups is 2. The van der Waals surface area contributed by atoms with Gasteiger partial charge in [-0.1, -0.05) is 6.07 Å². The number of aromatic carboxylic acids is 1. The Morgan fingerprint density at radius 1 is 1.37 bits per heavy atom. The first-order chi connectivity index (χ1) is 9.10. The number of furan rings is 1. The zero-order valence-corrected chi connectivity index (χ0v) is 11.0. The minimum absolute atomic E-state index is 0.0747. The number of carbonyl (C=O) groups excluding carboxylic acids is 1. The molecule has 0 radical (unpaired) electrons. The highest BCUT2D eigenvalue weighted by atomic mass is 32.2. The van der Waals surface area contributed by atoms with Crippen molar-refractivity contribution in [2.75, 3.05) is 12.9 Å². The summed E-state index contributed by atoms with van der Waals surface area (Å²) in [6.45, 7) is 0. The summed E-state index contributed by atoms with van der Waals surface area (Å²) >= 11 is 1.44. The number of rotatable bonds is 5. The number of ether oxygens (including phenoxy) is 1. The second-order valence-electron chi connectivity index (χ2n) is 3.86. The second kappa shape index (κ2) is 5.79. The number of hydrogen-bond acceptors (Lipinski definition) is 5. The highest BCUT2D eigenvalue weighted by Crippen LogP contribution is 2.23. The van der Waals surface area contributed by atoms with Crippen LogP contribution in [0.1, 0.15) is 16.1 Å². The molecule has 1 heterocycles. The molecule has 1 N–H and O–H groups in total. The molecule has 100 valence electrons. The van der Waals surface area contributed by atoms with Crippen molar-refractivity contribution in [1.29, 1.82) is 0 Å². The van der Waals surface area contributed by atoms with Crippen molar-refractivity contribution < 1.29 is 23.8 Å². The Morgan fingerprint density at radius 3 is 2.84 bits per heavy atom. The summed E-state index contributed by atoms with van der Waals surface area (Å²) in [7, 11) is 1.36. The monoisotopic (exact) mass is 280 g/mol. The molecule has 0 saturated heterocycles. The van der Waals surface area contributed by atoms with Crippen LogP contribution >= 0.6 is 11.8 Å². The van der Waals surface area contributed by atoms with E-state index in [1.54, 1.807) is 6.07 Å². The average molecular weight is 280 g/mol. The lowest BCUT2D eigenvalue weighted by Crippen LogP contribution is -2.03. The zero-order valence-electron chi connectivity index (χ0n) is 10.2. The number of thioether (sulfide) groups is 1. The number of carboxylic acid groups (broad SMARTS) is 1. The van der Waals surface area contributed by atoms with E-state index in [0.717, 1.165) is 10.9 Å². The van der Waals surface area contributed by atoms with Crippen LogP contribution in [0.25, 0.3) is 11.0 Å². The van der Waals surface area contributed by atoms with Crippen LogP contribution in [0, 0.1) is 0 Å². The Hall–Kier alpha value is -1.95. The van der Waals surface area contributed by atoms with Gasteiger partial charge in [0.05, 0.1) is 12.9 Å². The highest BCUT2D eigenvalue weighted by Gasteiger charge is 2.10. The summed E-state index contributed by atoms with van der Waals surface area (Å²) in [6.07, 6.45) is 0. The molecule has 19 heavy (non-hydrogen) atoms. The first-order valence-corrected chi connectivity index (χ1v) is 6.66. The molecule has 0 aliphatic carbocycles. The fraction of sp³-hybridized carbons (Fsp3) is 0.231. The Morgan fingerprint density at radius 2 is 2.16 bits per heavy atom. The molecule has 0 aliphatic rings. The molecule has 0 fully saturated rings. The number of benzene rings is 1. The lowest BCUT2D eigenvalue weighted by molar-refractivity contribution is -0.137. The Bertz CT molecular complexity index is 617. The minimum atomic E-state index is -1.09.